The molecule has 1 aliphatic heterocycles. The van der Waals surface area contributed by atoms with Crippen LogP contribution in [0.1, 0.15) is 34.7 Å². The number of nitrogens with zero attached hydrogens (tertiary/aromatic N) is 4. The van der Waals surface area contributed by atoms with E-state index in [1.165, 1.54) is 23.9 Å². The van der Waals surface area contributed by atoms with Gasteiger partial charge in [0.2, 0.25) is 0 Å². The van der Waals surface area contributed by atoms with E-state index in [9.17, 15) is 18.0 Å². The Morgan fingerprint density at radius 3 is 2.34 bits per heavy atom. The normalized spacial score (nSPS) is 16.6. The van der Waals surface area contributed by atoms with E-state index in [2.05, 4.69) is 10.3 Å². The minimum absolute atomic E-state index is 0.274. The Morgan fingerprint density at radius 1 is 1.06 bits per heavy atom. The molecule has 6 nitrogen and oxygen atoms in total. The lowest BCUT2D eigenvalue weighted by molar-refractivity contribution is -0.137. The number of aromatic nitrogens is 3. The minimum atomic E-state index is -4.37. The van der Waals surface area contributed by atoms with Crippen LogP contribution in [-0.2, 0) is 24.1 Å². The Kier molecular flexibility index (Phi) is 5.96. The van der Waals surface area contributed by atoms with Gasteiger partial charge in [-0.2, -0.15) is 13.2 Å². The molecule has 0 fully saturated rings. The van der Waals surface area contributed by atoms with Crippen molar-refractivity contribution >= 4 is 17.7 Å². The molecule has 32 heavy (non-hydrogen) atoms. The molecule has 0 aliphatic carbocycles. The predicted molar refractivity (Wildman–Crippen MR) is 115 cm³/mol. The molecular weight excluding hydrogens is 439 g/mol. The van der Waals surface area contributed by atoms with Crippen molar-refractivity contribution in [3.63, 3.8) is 0 Å². The summed E-state index contributed by atoms with van der Waals surface area (Å²) in [6, 6.07) is 14.8. The molecule has 10 heteroatoms. The van der Waals surface area contributed by atoms with Gasteiger partial charge >= 0.3 is 6.18 Å². The van der Waals surface area contributed by atoms with Gasteiger partial charge in [0.1, 0.15) is 11.1 Å². The van der Waals surface area contributed by atoms with E-state index in [4.69, 9.17) is 5.73 Å². The van der Waals surface area contributed by atoms with Gasteiger partial charge in [-0.1, -0.05) is 59.4 Å². The molecule has 2 aromatic carbocycles. The third-order valence-corrected chi connectivity index (χ3v) is 6.58. The van der Waals surface area contributed by atoms with E-state index in [0.29, 0.717) is 22.7 Å². The maximum Gasteiger partial charge on any atom is 0.416 e. The molecule has 1 aliphatic rings. The van der Waals surface area contributed by atoms with Gasteiger partial charge in [0.05, 0.1) is 23.2 Å². The van der Waals surface area contributed by atoms with Crippen molar-refractivity contribution in [1.82, 2.24) is 19.9 Å². The number of carbonyl (C=O) groups is 1. The quantitative estimate of drug-likeness (QED) is 0.595. The van der Waals surface area contributed by atoms with E-state index in [1.54, 1.807) is 10.9 Å². The van der Waals surface area contributed by atoms with E-state index >= 15 is 0 Å². The minimum Gasteiger partial charge on any atom is -0.365 e. The summed E-state index contributed by atoms with van der Waals surface area (Å²) < 4.78 is 39.9. The van der Waals surface area contributed by atoms with E-state index < -0.39 is 17.6 Å². The molecule has 1 aromatic heterocycles. The van der Waals surface area contributed by atoms with Gasteiger partial charge in [0.25, 0.3) is 5.91 Å². The van der Waals surface area contributed by atoms with Crippen LogP contribution in [0.5, 0.6) is 0 Å². The van der Waals surface area contributed by atoms with Gasteiger partial charge in [-0.15, -0.1) is 5.10 Å². The number of rotatable bonds is 6. The van der Waals surface area contributed by atoms with Gasteiger partial charge in [-0.05, 0) is 30.2 Å². The zero-order valence-electron chi connectivity index (χ0n) is 17.1. The molecule has 1 atom stereocenters. The first-order valence-corrected chi connectivity index (χ1v) is 10.6. The van der Waals surface area contributed by atoms with Crippen molar-refractivity contribution in [2.45, 2.75) is 31.6 Å². The third kappa shape index (κ3) is 4.64. The molecule has 1 amide bonds. The van der Waals surface area contributed by atoms with Crippen LogP contribution in [0.25, 0.3) is 0 Å². The van der Waals surface area contributed by atoms with E-state index in [1.807, 2.05) is 42.2 Å². The number of hydrogen-bond acceptors (Lipinski definition) is 5. The smallest absolute Gasteiger partial charge is 0.365 e. The van der Waals surface area contributed by atoms with Crippen LogP contribution in [0, 0.1) is 0 Å². The molecule has 2 heterocycles. The van der Waals surface area contributed by atoms with Crippen molar-refractivity contribution in [2.75, 3.05) is 0 Å². The van der Waals surface area contributed by atoms with Crippen molar-refractivity contribution in [2.24, 2.45) is 5.73 Å². The van der Waals surface area contributed by atoms with Crippen LogP contribution < -0.4 is 5.73 Å². The number of benzene rings is 2. The van der Waals surface area contributed by atoms with Crippen molar-refractivity contribution in [1.29, 1.82) is 0 Å². The summed E-state index contributed by atoms with van der Waals surface area (Å²) in [5, 5.41) is 8.10. The highest BCUT2D eigenvalue weighted by Gasteiger charge is 2.35. The lowest BCUT2D eigenvalue weighted by Gasteiger charge is -2.26. The molecule has 0 saturated heterocycles. The lowest BCUT2D eigenvalue weighted by Crippen LogP contribution is -2.22. The third-order valence-electron chi connectivity index (χ3n) is 5.13. The first kappa shape index (κ1) is 21.9. The fraction of sp³-hybridized carbons (Fsp3) is 0.227. The van der Waals surface area contributed by atoms with Gasteiger partial charge < -0.3 is 10.6 Å². The fourth-order valence-corrected chi connectivity index (χ4v) is 4.71. The molecule has 166 valence electrons. The highest BCUT2D eigenvalue weighted by atomic mass is 32.2. The number of carbonyl (C=O) groups excluding carboxylic acids is 1. The fourth-order valence-electron chi connectivity index (χ4n) is 3.49. The second kappa shape index (κ2) is 8.70. The van der Waals surface area contributed by atoms with Crippen LogP contribution in [0.15, 0.2) is 71.4 Å². The molecule has 2 N–H and O–H groups in total. The van der Waals surface area contributed by atoms with Crippen molar-refractivity contribution in [3.05, 3.63) is 93.8 Å². The van der Waals surface area contributed by atoms with E-state index in [-0.39, 0.29) is 11.9 Å². The monoisotopic (exact) mass is 459 g/mol. The van der Waals surface area contributed by atoms with Gasteiger partial charge in [-0.25, -0.2) is 4.68 Å². The molecule has 0 bridgehead atoms. The topological polar surface area (TPSA) is 77.0 Å². The number of allylic oxidation sites excluding steroid dienone is 1. The number of primary amides is 1. The molecule has 1 unspecified atom stereocenters. The molecule has 0 spiro atoms. The second-order valence-electron chi connectivity index (χ2n) is 7.40. The molecule has 0 saturated carbocycles. The van der Waals surface area contributed by atoms with Crippen molar-refractivity contribution < 1.29 is 18.0 Å². The predicted octanol–water partition coefficient (Wildman–Crippen LogP) is 4.31. The molecule has 4 rings (SSSR count). The second-order valence-corrected chi connectivity index (χ2v) is 8.49. The van der Waals surface area contributed by atoms with Crippen molar-refractivity contribution in [3.8, 4) is 0 Å². The van der Waals surface area contributed by atoms with Crippen LogP contribution in [0.2, 0.25) is 0 Å². The maximum absolute atomic E-state index is 12.8. The Hall–Kier alpha value is -3.27. The molecule has 0 radical (unpaired) electrons. The maximum atomic E-state index is 12.8. The molecular formula is C22H20F3N5OS. The highest BCUT2D eigenvalue weighted by Crippen LogP contribution is 2.47. The lowest BCUT2D eigenvalue weighted by atomic mass is 10.1. The summed E-state index contributed by atoms with van der Waals surface area (Å²) in [5.41, 5.74) is 8.02. The average molecular weight is 459 g/mol. The Labute approximate surface area is 186 Å². The van der Waals surface area contributed by atoms with Gasteiger partial charge in [0, 0.05) is 12.2 Å². The molecule has 3 aromatic rings. The SMILES string of the molecule is CC1=C(C(N)=O)SC(c2cn(Cc3ccc(C(F)(F)F)cc3)nn2)N1Cc1ccccc1. The summed E-state index contributed by atoms with van der Waals surface area (Å²) in [5.74, 6) is -0.495. The number of thioether (sulfide) groups is 1. The number of amides is 1. The largest absolute Gasteiger partial charge is 0.416 e. The number of nitrogens with two attached hydrogens (primary N) is 1. The highest BCUT2D eigenvalue weighted by molar-refractivity contribution is 8.04. The summed E-state index contributed by atoms with van der Waals surface area (Å²) in [6.07, 6.45) is -2.63. The standard InChI is InChI=1S/C22H20F3N5OS/c1-14-19(20(26)31)32-21(30(14)12-15-5-3-2-4-6-15)18-13-29(28-27-18)11-16-7-9-17(10-8-16)22(23,24)25/h2-10,13,21H,11-12H2,1H3,(H2,26,31). The first-order valence-electron chi connectivity index (χ1n) is 9.76. The number of halogens is 3. The average Bonchev–Trinajstić information content (AvgIpc) is 3.33. The van der Waals surface area contributed by atoms with E-state index in [0.717, 1.165) is 23.4 Å². The summed E-state index contributed by atoms with van der Waals surface area (Å²) >= 11 is 1.32. The number of hydrogen-bond donors (Lipinski definition) is 1. The van der Waals surface area contributed by atoms with Crippen LogP contribution >= 0.6 is 11.8 Å². The number of alkyl halides is 3. The van der Waals surface area contributed by atoms with Gasteiger partial charge in [-0.3, -0.25) is 4.79 Å². The summed E-state index contributed by atoms with van der Waals surface area (Å²) in [4.78, 5) is 14.5. The Morgan fingerprint density at radius 2 is 1.72 bits per heavy atom. The zero-order valence-corrected chi connectivity index (χ0v) is 17.9. The Balaban J connectivity index is 1.54. The first-order chi connectivity index (χ1) is 15.2. The summed E-state index contributed by atoms with van der Waals surface area (Å²) in [7, 11) is 0. The Bertz CT molecular complexity index is 1140. The zero-order chi connectivity index (χ0) is 22.9. The van der Waals surface area contributed by atoms with Crippen LogP contribution in [0.4, 0.5) is 13.2 Å². The summed E-state index contributed by atoms with van der Waals surface area (Å²) in [6.45, 7) is 2.69. The van der Waals surface area contributed by atoms with Crippen LogP contribution in [-0.4, -0.2) is 25.8 Å². The van der Waals surface area contributed by atoms with Crippen LogP contribution in [0.3, 0.4) is 0 Å². The van der Waals surface area contributed by atoms with Gasteiger partial charge in [0.15, 0.2) is 0 Å².